The molecule has 0 spiro atoms. The number of carbonyl (C=O) groups excluding carboxylic acids is 4. The minimum absolute atomic E-state index is 0.0953. The SMILES string of the molecule is Cc1ncsc1-c1ccc([C@H](C)NC(=O)[C@@H]2CCCN2C(=O)[C@@H](NC(=O)CCCCCCCCCCC(=O)N2CCN(c3cccc(N4CCCC(Oc5cc(-c6ccccc6O)nnc5N)C4)c3)CC2)C(C)(C)C)cc1. The van der Waals surface area contributed by atoms with Crippen LogP contribution in [-0.2, 0) is 19.2 Å². The predicted molar refractivity (Wildman–Crippen MR) is 306 cm³/mol. The number of phenolic OH excluding ortho intramolecular Hbond substituents is 1. The van der Waals surface area contributed by atoms with Gasteiger partial charge in [-0.25, -0.2) is 4.98 Å². The number of nitrogens with one attached hydrogen (secondary N) is 2. The molecule has 0 radical (unpaired) electrons. The number of carbonyl (C=O) groups is 4. The first-order valence-corrected chi connectivity index (χ1v) is 28.9. The number of para-hydroxylation sites is 1. The van der Waals surface area contributed by atoms with Crippen molar-refractivity contribution >= 4 is 52.2 Å². The van der Waals surface area contributed by atoms with E-state index in [1.54, 1.807) is 40.5 Å². The Hall–Kier alpha value is -6.75. The summed E-state index contributed by atoms with van der Waals surface area (Å²) in [6.45, 7) is 14.9. The number of hydrogen-bond acceptors (Lipinski definition) is 13. The molecule has 1 unspecified atom stereocenters. The first-order chi connectivity index (χ1) is 37.1. The van der Waals surface area contributed by atoms with E-state index >= 15 is 0 Å². The van der Waals surface area contributed by atoms with Gasteiger partial charge in [-0.1, -0.05) is 102 Å². The number of piperazine rings is 1. The number of nitrogens with two attached hydrogens (primary N) is 1. The van der Waals surface area contributed by atoms with Gasteiger partial charge in [0, 0.05) is 75.1 Å². The Morgan fingerprint density at radius 1 is 0.779 bits per heavy atom. The van der Waals surface area contributed by atoms with Gasteiger partial charge in [0.05, 0.1) is 28.7 Å². The molecule has 5 aromatic rings. The number of benzene rings is 3. The van der Waals surface area contributed by atoms with Gasteiger partial charge in [0.2, 0.25) is 23.6 Å². The molecule has 3 aromatic carbocycles. The van der Waals surface area contributed by atoms with Crippen LogP contribution >= 0.6 is 11.3 Å². The van der Waals surface area contributed by atoms with Crippen LogP contribution in [-0.4, -0.2) is 118 Å². The first kappa shape index (κ1) is 56.5. The molecular weight excluding hydrogens is 989 g/mol. The van der Waals surface area contributed by atoms with Crippen LogP contribution in [0.2, 0.25) is 0 Å². The average Bonchev–Trinajstić information content (AvgIpc) is 4.12. The van der Waals surface area contributed by atoms with Crippen molar-refractivity contribution in [3.8, 4) is 33.2 Å². The Kier molecular flexibility index (Phi) is 19.5. The lowest BCUT2D eigenvalue weighted by molar-refractivity contribution is -0.144. The molecule has 5 N–H and O–H groups in total. The lowest BCUT2D eigenvalue weighted by Gasteiger charge is -2.38. The highest BCUT2D eigenvalue weighted by Crippen LogP contribution is 2.34. The van der Waals surface area contributed by atoms with E-state index in [1.807, 2.05) is 63.2 Å². The van der Waals surface area contributed by atoms with Gasteiger partial charge in [0.15, 0.2) is 11.6 Å². The number of ether oxygens (including phenoxy) is 1. The van der Waals surface area contributed by atoms with Crippen LogP contribution < -0.4 is 30.9 Å². The summed E-state index contributed by atoms with van der Waals surface area (Å²) in [7, 11) is 0. The maximum Gasteiger partial charge on any atom is 0.246 e. The van der Waals surface area contributed by atoms with Crippen LogP contribution in [0.1, 0.15) is 135 Å². The zero-order chi connectivity index (χ0) is 54.5. The summed E-state index contributed by atoms with van der Waals surface area (Å²) in [6.07, 6.45) is 11.9. The summed E-state index contributed by atoms with van der Waals surface area (Å²) in [5.41, 5.74) is 13.9. The number of nitrogen functional groups attached to an aromatic ring is 1. The van der Waals surface area contributed by atoms with E-state index in [0.717, 1.165) is 123 Å². The number of unbranched alkanes of at least 4 members (excludes halogenated alkanes) is 7. The number of aromatic hydroxyl groups is 1. The fourth-order valence-corrected chi connectivity index (χ4v) is 11.7. The van der Waals surface area contributed by atoms with Gasteiger partial charge in [0.25, 0.3) is 0 Å². The monoisotopic (exact) mass is 1070 g/mol. The number of aromatic nitrogens is 3. The molecule has 0 saturated carbocycles. The van der Waals surface area contributed by atoms with Crippen molar-refractivity contribution < 1.29 is 29.0 Å². The standard InChI is InChI=1S/C60H80N10O6S/c1-41(43-27-29-44(30-28-43)55-42(2)62-40-77-55)63-58(74)50-23-18-32-70(50)59(75)56(60(3,4)5)64-53(72)25-12-10-8-6-7-9-11-13-26-54(73)68-35-33-67(34-36-68)45-19-16-20-46(37-45)69-31-17-21-47(39-69)76-52-38-49(65-66-57(52)61)48-22-14-15-24-51(48)71/h14-16,19-20,22,24,27-30,37-38,40-41,47,50,56,71H,6-13,17-18,21,23,25-26,31-36,39H2,1-5H3,(H2,61,66)(H,63,74)(H,64,72)/t41-,47?,50-,56+/m0/s1. The number of aryl methyl sites for hydroxylation is 1. The van der Waals surface area contributed by atoms with Crippen molar-refractivity contribution in [3.63, 3.8) is 0 Å². The number of thiazole rings is 1. The summed E-state index contributed by atoms with van der Waals surface area (Å²) in [4.78, 5) is 68.2. The van der Waals surface area contributed by atoms with E-state index in [-0.39, 0.29) is 47.3 Å². The van der Waals surface area contributed by atoms with Crippen molar-refractivity contribution in [2.45, 2.75) is 149 Å². The van der Waals surface area contributed by atoms with Gasteiger partial charge in [0.1, 0.15) is 29.6 Å². The third-order valence-corrected chi connectivity index (χ3v) is 16.4. The number of anilines is 3. The Balaban J connectivity index is 0.681. The van der Waals surface area contributed by atoms with Crippen LogP contribution in [0.5, 0.6) is 11.5 Å². The van der Waals surface area contributed by atoms with Crippen LogP contribution in [0.4, 0.5) is 17.2 Å². The topological polar surface area (TPSA) is 199 Å². The number of phenols is 1. The third-order valence-electron chi connectivity index (χ3n) is 15.4. The molecule has 3 fully saturated rings. The molecule has 3 aliphatic heterocycles. The number of piperidine rings is 1. The number of hydrogen-bond donors (Lipinski definition) is 4. The highest BCUT2D eigenvalue weighted by Gasteiger charge is 2.42. The van der Waals surface area contributed by atoms with E-state index < -0.39 is 17.5 Å². The fourth-order valence-electron chi connectivity index (χ4n) is 10.9. The Labute approximate surface area is 459 Å². The van der Waals surface area contributed by atoms with Crippen LogP contribution in [0.25, 0.3) is 21.7 Å². The van der Waals surface area contributed by atoms with Gasteiger partial charge in [-0.2, -0.15) is 0 Å². The fraction of sp³-hybridized carbons (Fsp3) is 0.517. The van der Waals surface area contributed by atoms with Crippen molar-refractivity contribution in [2.24, 2.45) is 5.41 Å². The number of nitrogens with zero attached hydrogens (tertiary/aromatic N) is 7. The second-order valence-electron chi connectivity index (χ2n) is 22.2. The normalized spacial score (nSPS) is 17.7. The maximum atomic E-state index is 14.1. The lowest BCUT2D eigenvalue weighted by Crippen LogP contribution is -2.57. The molecule has 0 bridgehead atoms. The zero-order valence-corrected chi connectivity index (χ0v) is 46.7. The van der Waals surface area contributed by atoms with E-state index in [1.165, 1.54) is 0 Å². The van der Waals surface area contributed by atoms with Crippen molar-refractivity contribution in [2.75, 3.05) is 61.3 Å². The average molecular weight is 1070 g/mol. The van der Waals surface area contributed by atoms with Crippen LogP contribution in [0.3, 0.4) is 0 Å². The quantitative estimate of drug-likeness (QED) is 0.0479. The van der Waals surface area contributed by atoms with E-state index in [9.17, 15) is 24.3 Å². The molecule has 412 valence electrons. The summed E-state index contributed by atoms with van der Waals surface area (Å²) in [5.74, 6) is 0.530. The number of likely N-dealkylation sites (tertiary alicyclic amines) is 1. The number of rotatable bonds is 22. The van der Waals surface area contributed by atoms with Gasteiger partial charge < -0.3 is 45.8 Å². The molecule has 2 aromatic heterocycles. The minimum Gasteiger partial charge on any atom is -0.507 e. The second-order valence-corrected chi connectivity index (χ2v) is 23.1. The van der Waals surface area contributed by atoms with E-state index in [0.29, 0.717) is 62.4 Å². The molecule has 17 heteroatoms. The van der Waals surface area contributed by atoms with Gasteiger partial charge in [-0.15, -0.1) is 21.5 Å². The van der Waals surface area contributed by atoms with Crippen molar-refractivity contribution in [1.82, 2.24) is 35.6 Å². The molecule has 77 heavy (non-hydrogen) atoms. The molecule has 16 nitrogen and oxygen atoms in total. The smallest absolute Gasteiger partial charge is 0.246 e. The predicted octanol–water partition coefficient (Wildman–Crippen LogP) is 9.86. The van der Waals surface area contributed by atoms with E-state index in [2.05, 4.69) is 72.0 Å². The lowest BCUT2D eigenvalue weighted by atomic mass is 9.85. The molecule has 8 rings (SSSR count). The van der Waals surface area contributed by atoms with Gasteiger partial charge >= 0.3 is 0 Å². The van der Waals surface area contributed by atoms with Crippen LogP contribution in [0, 0.1) is 12.3 Å². The maximum absolute atomic E-state index is 14.1. The molecule has 3 saturated heterocycles. The summed E-state index contributed by atoms with van der Waals surface area (Å²) < 4.78 is 6.42. The molecule has 0 aliphatic carbocycles. The molecule has 3 aliphatic rings. The molecular formula is C60H80N10O6S. The molecule has 5 heterocycles. The Morgan fingerprint density at radius 2 is 1.45 bits per heavy atom. The van der Waals surface area contributed by atoms with Crippen molar-refractivity contribution in [3.05, 3.63) is 95.6 Å². The summed E-state index contributed by atoms with van der Waals surface area (Å²) >= 11 is 1.61. The highest BCUT2D eigenvalue weighted by atomic mass is 32.1. The summed E-state index contributed by atoms with van der Waals surface area (Å²) in [5, 5.41) is 24.9. The summed E-state index contributed by atoms with van der Waals surface area (Å²) in [6, 6.07) is 24.0. The largest absolute Gasteiger partial charge is 0.507 e. The molecule has 4 atom stereocenters. The molecule has 4 amide bonds. The number of amides is 4. The third kappa shape index (κ3) is 15.1. The van der Waals surface area contributed by atoms with Crippen LogP contribution in [0.15, 0.2) is 84.4 Å². The van der Waals surface area contributed by atoms with E-state index in [4.69, 9.17) is 10.5 Å². The minimum atomic E-state index is -0.737. The van der Waals surface area contributed by atoms with Gasteiger partial charge in [-0.05, 0) is 99.2 Å². The Morgan fingerprint density at radius 3 is 2.14 bits per heavy atom. The second kappa shape index (κ2) is 26.5. The van der Waals surface area contributed by atoms with Crippen molar-refractivity contribution in [1.29, 1.82) is 0 Å². The Bertz CT molecular complexity index is 2770. The highest BCUT2D eigenvalue weighted by molar-refractivity contribution is 7.13. The zero-order valence-electron chi connectivity index (χ0n) is 45.8. The van der Waals surface area contributed by atoms with Gasteiger partial charge in [-0.3, -0.25) is 19.2 Å². The first-order valence-electron chi connectivity index (χ1n) is 28.0.